The Bertz CT molecular complexity index is 441. The van der Waals surface area contributed by atoms with Gasteiger partial charge in [-0.1, -0.05) is 12.6 Å². The molecule has 1 saturated heterocycles. The van der Waals surface area contributed by atoms with Crippen molar-refractivity contribution in [1.29, 1.82) is 0 Å². The molecule has 0 bridgehead atoms. The fourth-order valence-electron chi connectivity index (χ4n) is 2.07. The third-order valence-electron chi connectivity index (χ3n) is 3.06. The van der Waals surface area contributed by atoms with Crippen molar-refractivity contribution < 1.29 is 10.0 Å². The van der Waals surface area contributed by atoms with Gasteiger partial charge in [-0.2, -0.15) is 0 Å². The van der Waals surface area contributed by atoms with Gasteiger partial charge in [0, 0.05) is 31.0 Å². The number of nitrogens with two attached hydrogens (primary N) is 1. The van der Waals surface area contributed by atoms with E-state index < -0.39 is 6.04 Å². The second-order valence-electron chi connectivity index (χ2n) is 4.23. The molecule has 3 N–H and O–H groups in total. The van der Waals surface area contributed by atoms with Crippen LogP contribution in [0.2, 0.25) is 0 Å². The van der Waals surface area contributed by atoms with Crippen LogP contribution >= 0.6 is 0 Å². The van der Waals surface area contributed by atoms with E-state index in [0.717, 1.165) is 25.9 Å². The van der Waals surface area contributed by atoms with Crippen molar-refractivity contribution in [1.82, 2.24) is 9.88 Å². The summed E-state index contributed by atoms with van der Waals surface area (Å²) in [7, 11) is 0. The summed E-state index contributed by atoms with van der Waals surface area (Å²) in [5.41, 5.74) is 6.66. The minimum atomic E-state index is -0.935. The molecule has 0 aliphatic carbocycles. The first-order chi connectivity index (χ1) is 8.74. The Kier molecular flexibility index (Phi) is 5.44. The number of oxime groups is 1. The van der Waals surface area contributed by atoms with E-state index in [1.165, 1.54) is 0 Å². The predicted molar refractivity (Wildman–Crippen MR) is 73.1 cm³/mol. The summed E-state index contributed by atoms with van der Waals surface area (Å²) in [4.78, 5) is 17.7. The highest BCUT2D eigenvalue weighted by Gasteiger charge is 2.28. The highest BCUT2D eigenvalue weighted by molar-refractivity contribution is 6.15. The molecule has 0 aromatic carbocycles. The Balaban J connectivity index is 0.00000180. The van der Waals surface area contributed by atoms with Gasteiger partial charge in [-0.3, -0.25) is 9.78 Å². The molecule has 6 nitrogen and oxygen atoms in total. The lowest BCUT2D eigenvalue weighted by Crippen LogP contribution is -2.47. The monoisotopic (exact) mass is 264 g/mol. The van der Waals surface area contributed by atoms with E-state index in [2.05, 4.69) is 10.1 Å². The molecule has 1 aromatic rings. The number of hydrogen-bond acceptors (Lipinski definition) is 5. The van der Waals surface area contributed by atoms with E-state index in [1.54, 1.807) is 29.4 Å². The lowest BCUT2D eigenvalue weighted by Gasteiger charge is -2.20. The third kappa shape index (κ3) is 3.29. The fourth-order valence-corrected chi connectivity index (χ4v) is 2.07. The predicted octanol–water partition coefficient (Wildman–Crippen LogP) is 0.846. The number of hydrogen-bond donors (Lipinski definition) is 2. The van der Waals surface area contributed by atoms with Crippen molar-refractivity contribution in [2.45, 2.75) is 26.3 Å². The van der Waals surface area contributed by atoms with E-state index >= 15 is 0 Å². The topological polar surface area (TPSA) is 91.8 Å². The lowest BCUT2D eigenvalue weighted by atomic mass is 10.0. The molecule has 104 valence electrons. The van der Waals surface area contributed by atoms with Crippen LogP contribution in [0.3, 0.4) is 0 Å². The van der Waals surface area contributed by atoms with Gasteiger partial charge in [0.1, 0.15) is 11.8 Å². The first-order valence-corrected chi connectivity index (χ1v) is 5.90. The normalized spacial score (nSPS) is 16.9. The molecule has 0 saturated carbocycles. The highest BCUT2D eigenvalue weighted by atomic mass is 16.4. The molecule has 0 spiro atoms. The summed E-state index contributed by atoms with van der Waals surface area (Å²) in [6.45, 7) is 1.45. The van der Waals surface area contributed by atoms with Gasteiger partial charge in [-0.05, 0) is 25.0 Å². The van der Waals surface area contributed by atoms with Gasteiger partial charge < -0.3 is 15.8 Å². The van der Waals surface area contributed by atoms with Gasteiger partial charge in [0.15, 0.2) is 0 Å². The van der Waals surface area contributed by atoms with Crippen molar-refractivity contribution in [2.75, 3.05) is 13.1 Å². The van der Waals surface area contributed by atoms with Crippen LogP contribution in [0.4, 0.5) is 0 Å². The number of likely N-dealkylation sites (tertiary alicyclic amines) is 1. The number of carbonyl (C=O) groups is 1. The average Bonchev–Trinajstić information content (AvgIpc) is 2.94. The minimum Gasteiger partial charge on any atom is -0.411 e. The molecule has 1 aliphatic rings. The van der Waals surface area contributed by atoms with Crippen molar-refractivity contribution in [3.63, 3.8) is 0 Å². The summed E-state index contributed by atoms with van der Waals surface area (Å²) in [5.74, 6) is -0.197. The average molecular weight is 264 g/mol. The maximum atomic E-state index is 12.1. The summed E-state index contributed by atoms with van der Waals surface area (Å²) >= 11 is 0. The van der Waals surface area contributed by atoms with Crippen molar-refractivity contribution in [2.24, 2.45) is 10.9 Å². The third-order valence-corrected chi connectivity index (χ3v) is 3.06. The Hall–Kier alpha value is -1.95. The Labute approximate surface area is 112 Å². The zero-order valence-corrected chi connectivity index (χ0v) is 9.99. The van der Waals surface area contributed by atoms with Gasteiger partial charge in [0.25, 0.3) is 0 Å². The number of rotatable bonds is 3. The Morgan fingerprint density at radius 3 is 2.47 bits per heavy atom. The summed E-state index contributed by atoms with van der Waals surface area (Å²) in [6, 6.07) is 2.38. The first-order valence-electron chi connectivity index (χ1n) is 5.90. The van der Waals surface area contributed by atoms with Crippen LogP contribution in [0, 0.1) is 0 Å². The van der Waals surface area contributed by atoms with E-state index in [1.807, 2.05) is 0 Å². The molecule has 6 heteroatoms. The lowest BCUT2D eigenvalue weighted by molar-refractivity contribution is -0.129. The molecule has 1 aliphatic heterocycles. The van der Waals surface area contributed by atoms with Gasteiger partial charge in [0.2, 0.25) is 5.91 Å². The molecule has 1 amide bonds. The molecule has 2 rings (SSSR count). The second kappa shape index (κ2) is 6.84. The number of aromatic nitrogens is 1. The summed E-state index contributed by atoms with van der Waals surface area (Å²) in [6.07, 6.45) is 5.12. The molecule has 2 heterocycles. The molecule has 1 unspecified atom stereocenters. The quantitative estimate of drug-likeness (QED) is 0.481. The number of nitrogens with zero attached hydrogens (tertiary/aromatic N) is 3. The molecule has 0 radical (unpaired) electrons. The summed E-state index contributed by atoms with van der Waals surface area (Å²) in [5, 5.41) is 12.2. The van der Waals surface area contributed by atoms with Crippen LogP contribution in [-0.2, 0) is 4.79 Å². The number of pyridine rings is 1. The van der Waals surface area contributed by atoms with Gasteiger partial charge in [-0.25, -0.2) is 0 Å². The van der Waals surface area contributed by atoms with Crippen LogP contribution in [-0.4, -0.2) is 45.8 Å². The van der Waals surface area contributed by atoms with E-state index in [9.17, 15) is 4.79 Å². The SMILES string of the molecule is C.NC(C(=O)N1CCCC1)/C(=N/O)c1ccncc1. The molecular weight excluding hydrogens is 244 g/mol. The molecule has 19 heavy (non-hydrogen) atoms. The minimum absolute atomic E-state index is 0. The van der Waals surface area contributed by atoms with Crippen LogP contribution in [0.5, 0.6) is 0 Å². The van der Waals surface area contributed by atoms with Gasteiger partial charge in [-0.15, -0.1) is 0 Å². The Morgan fingerprint density at radius 1 is 1.37 bits per heavy atom. The van der Waals surface area contributed by atoms with E-state index in [0.29, 0.717) is 5.56 Å². The van der Waals surface area contributed by atoms with Crippen LogP contribution in [0.15, 0.2) is 29.7 Å². The van der Waals surface area contributed by atoms with Crippen LogP contribution in [0.1, 0.15) is 25.8 Å². The maximum absolute atomic E-state index is 12.1. The van der Waals surface area contributed by atoms with E-state index in [-0.39, 0.29) is 19.0 Å². The number of carbonyl (C=O) groups excluding carboxylic acids is 1. The highest BCUT2D eigenvalue weighted by Crippen LogP contribution is 2.11. The van der Waals surface area contributed by atoms with Gasteiger partial charge in [0.05, 0.1) is 0 Å². The van der Waals surface area contributed by atoms with Gasteiger partial charge >= 0.3 is 0 Å². The van der Waals surface area contributed by atoms with Crippen molar-refractivity contribution in [3.05, 3.63) is 30.1 Å². The van der Waals surface area contributed by atoms with Crippen LogP contribution < -0.4 is 5.73 Å². The molecule has 1 aromatic heterocycles. The molecular formula is C13H20N4O2. The fraction of sp³-hybridized carbons (Fsp3) is 0.462. The maximum Gasteiger partial charge on any atom is 0.245 e. The second-order valence-corrected chi connectivity index (χ2v) is 4.23. The van der Waals surface area contributed by atoms with Crippen LogP contribution in [0.25, 0.3) is 0 Å². The van der Waals surface area contributed by atoms with Crippen molar-refractivity contribution >= 4 is 11.6 Å². The molecule has 1 fully saturated rings. The van der Waals surface area contributed by atoms with Crippen molar-refractivity contribution in [3.8, 4) is 0 Å². The van der Waals surface area contributed by atoms with E-state index in [4.69, 9.17) is 10.9 Å². The largest absolute Gasteiger partial charge is 0.411 e. The Morgan fingerprint density at radius 2 is 1.95 bits per heavy atom. The number of amides is 1. The zero-order chi connectivity index (χ0) is 13.0. The first kappa shape index (κ1) is 15.1. The standard InChI is InChI=1S/C12H16N4O2.CH4/c13-10(12(17)16-7-1-2-8-16)11(15-18)9-3-5-14-6-4-9;/h3-6,10,18H,1-2,7-8,13H2;1H4/b15-11+;. The molecule has 1 atom stereocenters. The summed E-state index contributed by atoms with van der Waals surface area (Å²) < 4.78 is 0. The smallest absolute Gasteiger partial charge is 0.245 e. The zero-order valence-electron chi connectivity index (χ0n) is 9.99.